The molecule has 0 fully saturated rings. The lowest BCUT2D eigenvalue weighted by Gasteiger charge is -2.10. The van der Waals surface area contributed by atoms with E-state index in [1.54, 1.807) is 30.3 Å². The summed E-state index contributed by atoms with van der Waals surface area (Å²) in [6.07, 6.45) is 0. The molecule has 3 nitrogen and oxygen atoms in total. The summed E-state index contributed by atoms with van der Waals surface area (Å²) in [6, 6.07) is 18.4. The van der Waals surface area contributed by atoms with Gasteiger partial charge in [0.05, 0.1) is 10.0 Å². The van der Waals surface area contributed by atoms with Crippen molar-refractivity contribution in [1.82, 2.24) is 0 Å². The molecule has 0 aliphatic rings. The SMILES string of the molecule is Cc1cc(C)cc(NC(=O)c2cccc(OCc3ccc(Cl)c(Cl)c3)c2)c1. The second-order valence-corrected chi connectivity index (χ2v) is 7.21. The second kappa shape index (κ2) is 8.47. The van der Waals surface area contributed by atoms with Gasteiger partial charge in [0.15, 0.2) is 0 Å². The Labute approximate surface area is 168 Å². The first-order chi connectivity index (χ1) is 12.9. The van der Waals surface area contributed by atoms with Crippen molar-refractivity contribution in [2.75, 3.05) is 5.32 Å². The lowest BCUT2D eigenvalue weighted by Crippen LogP contribution is -2.12. The molecule has 0 aromatic heterocycles. The van der Waals surface area contributed by atoms with Gasteiger partial charge in [0, 0.05) is 11.3 Å². The number of carbonyl (C=O) groups excluding carboxylic acids is 1. The van der Waals surface area contributed by atoms with E-state index in [0.717, 1.165) is 22.4 Å². The number of nitrogens with one attached hydrogen (secondary N) is 1. The summed E-state index contributed by atoms with van der Waals surface area (Å²) < 4.78 is 5.78. The van der Waals surface area contributed by atoms with E-state index in [-0.39, 0.29) is 5.91 Å². The topological polar surface area (TPSA) is 38.3 Å². The Balaban J connectivity index is 1.68. The van der Waals surface area contributed by atoms with E-state index < -0.39 is 0 Å². The van der Waals surface area contributed by atoms with Crippen LogP contribution in [0.1, 0.15) is 27.0 Å². The Morgan fingerprint density at radius 1 is 0.926 bits per heavy atom. The molecule has 0 saturated heterocycles. The van der Waals surface area contributed by atoms with Crippen LogP contribution in [-0.2, 0) is 6.61 Å². The van der Waals surface area contributed by atoms with Gasteiger partial charge in [-0.15, -0.1) is 0 Å². The van der Waals surface area contributed by atoms with Crippen LogP contribution in [0.15, 0.2) is 60.7 Å². The summed E-state index contributed by atoms with van der Waals surface area (Å²) >= 11 is 11.9. The maximum Gasteiger partial charge on any atom is 0.255 e. The summed E-state index contributed by atoms with van der Waals surface area (Å²) in [4.78, 5) is 12.5. The van der Waals surface area contributed by atoms with E-state index in [1.165, 1.54) is 0 Å². The Morgan fingerprint density at radius 2 is 1.67 bits per heavy atom. The number of carbonyl (C=O) groups is 1. The average Bonchev–Trinajstić information content (AvgIpc) is 2.62. The molecule has 3 aromatic rings. The molecule has 0 aliphatic heterocycles. The third-order valence-corrected chi connectivity index (χ3v) is 4.70. The normalized spacial score (nSPS) is 10.5. The fourth-order valence-electron chi connectivity index (χ4n) is 2.77. The van der Waals surface area contributed by atoms with Crippen molar-refractivity contribution in [3.8, 4) is 5.75 Å². The van der Waals surface area contributed by atoms with E-state index in [1.807, 2.05) is 38.1 Å². The highest BCUT2D eigenvalue weighted by Gasteiger charge is 2.08. The molecule has 1 N–H and O–H groups in total. The van der Waals surface area contributed by atoms with Gasteiger partial charge >= 0.3 is 0 Å². The number of anilines is 1. The number of amides is 1. The average molecular weight is 400 g/mol. The van der Waals surface area contributed by atoms with E-state index in [9.17, 15) is 4.79 Å². The maximum absolute atomic E-state index is 12.5. The first kappa shape index (κ1) is 19.3. The van der Waals surface area contributed by atoms with Gasteiger partial charge in [-0.25, -0.2) is 0 Å². The number of halogens is 2. The highest BCUT2D eigenvalue weighted by molar-refractivity contribution is 6.42. The molecule has 0 spiro atoms. The van der Waals surface area contributed by atoms with Crippen molar-refractivity contribution >= 4 is 34.8 Å². The molecule has 3 rings (SSSR count). The van der Waals surface area contributed by atoms with Crippen LogP contribution in [0.4, 0.5) is 5.69 Å². The van der Waals surface area contributed by atoms with Crippen LogP contribution >= 0.6 is 23.2 Å². The molecular weight excluding hydrogens is 381 g/mol. The predicted molar refractivity (Wildman–Crippen MR) is 111 cm³/mol. The molecule has 138 valence electrons. The summed E-state index contributed by atoms with van der Waals surface area (Å²) in [5.74, 6) is 0.425. The zero-order valence-corrected chi connectivity index (χ0v) is 16.6. The van der Waals surface area contributed by atoms with Gasteiger partial charge in [-0.1, -0.05) is 41.4 Å². The quantitative estimate of drug-likeness (QED) is 0.535. The third kappa shape index (κ3) is 5.25. The van der Waals surface area contributed by atoms with Gasteiger partial charge in [-0.05, 0) is 73.0 Å². The smallest absolute Gasteiger partial charge is 0.255 e. The van der Waals surface area contributed by atoms with Crippen molar-refractivity contribution in [2.24, 2.45) is 0 Å². The van der Waals surface area contributed by atoms with Gasteiger partial charge in [-0.3, -0.25) is 4.79 Å². The summed E-state index contributed by atoms with van der Waals surface area (Å²) in [7, 11) is 0. The predicted octanol–water partition coefficient (Wildman–Crippen LogP) is 6.44. The number of ether oxygens (including phenoxy) is 1. The molecule has 0 saturated carbocycles. The van der Waals surface area contributed by atoms with E-state index in [0.29, 0.717) is 28.0 Å². The molecule has 1 amide bonds. The zero-order valence-electron chi connectivity index (χ0n) is 15.1. The minimum atomic E-state index is -0.181. The second-order valence-electron chi connectivity index (χ2n) is 6.40. The van der Waals surface area contributed by atoms with Gasteiger partial charge in [0.1, 0.15) is 12.4 Å². The van der Waals surface area contributed by atoms with Crippen LogP contribution in [0.25, 0.3) is 0 Å². The fourth-order valence-corrected chi connectivity index (χ4v) is 3.09. The van der Waals surface area contributed by atoms with Crippen molar-refractivity contribution < 1.29 is 9.53 Å². The van der Waals surface area contributed by atoms with Crippen LogP contribution in [0.3, 0.4) is 0 Å². The Morgan fingerprint density at radius 3 is 2.37 bits per heavy atom. The first-order valence-corrected chi connectivity index (χ1v) is 9.23. The summed E-state index contributed by atoms with van der Waals surface area (Å²) in [6.45, 7) is 4.33. The van der Waals surface area contributed by atoms with Gasteiger partial charge < -0.3 is 10.1 Å². The number of rotatable bonds is 5. The highest BCUT2D eigenvalue weighted by Crippen LogP contribution is 2.24. The van der Waals surface area contributed by atoms with Crippen LogP contribution in [0, 0.1) is 13.8 Å². The molecule has 27 heavy (non-hydrogen) atoms. The van der Waals surface area contributed by atoms with Crippen molar-refractivity contribution in [1.29, 1.82) is 0 Å². The minimum absolute atomic E-state index is 0.181. The number of benzene rings is 3. The molecule has 0 unspecified atom stereocenters. The van der Waals surface area contributed by atoms with Gasteiger partial charge in [-0.2, -0.15) is 0 Å². The Hall–Kier alpha value is -2.49. The Bertz CT molecular complexity index is 966. The number of aryl methyl sites for hydroxylation is 2. The Kier molecular flexibility index (Phi) is 6.04. The standard InChI is InChI=1S/C22H19Cl2NO2/c1-14-8-15(2)10-18(9-14)25-22(26)17-4-3-5-19(12-17)27-13-16-6-7-20(23)21(24)11-16/h3-12H,13H2,1-2H3,(H,25,26). The van der Waals surface area contributed by atoms with Crippen LogP contribution < -0.4 is 10.1 Å². The lowest BCUT2D eigenvalue weighted by molar-refractivity contribution is 0.102. The largest absolute Gasteiger partial charge is 0.489 e. The summed E-state index contributed by atoms with van der Waals surface area (Å²) in [5, 5.41) is 3.92. The van der Waals surface area contributed by atoms with E-state index in [4.69, 9.17) is 27.9 Å². The van der Waals surface area contributed by atoms with Crippen molar-refractivity contribution in [2.45, 2.75) is 20.5 Å². The molecule has 0 atom stereocenters. The highest BCUT2D eigenvalue weighted by atomic mass is 35.5. The first-order valence-electron chi connectivity index (χ1n) is 8.47. The van der Waals surface area contributed by atoms with Gasteiger partial charge in [0.2, 0.25) is 0 Å². The van der Waals surface area contributed by atoms with Crippen LogP contribution in [-0.4, -0.2) is 5.91 Å². The number of hydrogen-bond donors (Lipinski definition) is 1. The monoisotopic (exact) mass is 399 g/mol. The van der Waals surface area contributed by atoms with Crippen molar-refractivity contribution in [3.63, 3.8) is 0 Å². The van der Waals surface area contributed by atoms with E-state index >= 15 is 0 Å². The molecule has 5 heteroatoms. The van der Waals surface area contributed by atoms with Crippen LogP contribution in [0.5, 0.6) is 5.75 Å². The number of hydrogen-bond acceptors (Lipinski definition) is 2. The molecular formula is C22H19Cl2NO2. The lowest BCUT2D eigenvalue weighted by atomic mass is 10.1. The molecule has 0 heterocycles. The fraction of sp³-hybridized carbons (Fsp3) is 0.136. The molecule has 0 aliphatic carbocycles. The minimum Gasteiger partial charge on any atom is -0.489 e. The van der Waals surface area contributed by atoms with Gasteiger partial charge in [0.25, 0.3) is 5.91 Å². The van der Waals surface area contributed by atoms with Crippen LogP contribution in [0.2, 0.25) is 10.0 Å². The van der Waals surface area contributed by atoms with Crippen molar-refractivity contribution in [3.05, 3.63) is 93.0 Å². The zero-order chi connectivity index (χ0) is 19.4. The maximum atomic E-state index is 12.5. The molecule has 0 radical (unpaired) electrons. The molecule has 3 aromatic carbocycles. The van der Waals surface area contributed by atoms with E-state index in [2.05, 4.69) is 11.4 Å². The third-order valence-electron chi connectivity index (χ3n) is 3.97. The summed E-state index contributed by atoms with van der Waals surface area (Å²) in [5.41, 5.74) is 4.41. The molecule has 0 bridgehead atoms.